The van der Waals surface area contributed by atoms with Gasteiger partial charge >= 0.3 is 0 Å². The lowest BCUT2D eigenvalue weighted by Crippen LogP contribution is -2.32. The minimum Gasteiger partial charge on any atom is -0.380 e. The van der Waals surface area contributed by atoms with Crippen LogP contribution >= 0.6 is 11.3 Å². The van der Waals surface area contributed by atoms with Gasteiger partial charge < -0.3 is 10.1 Å². The van der Waals surface area contributed by atoms with Crippen LogP contribution in [-0.4, -0.2) is 19.3 Å². The quantitative estimate of drug-likeness (QED) is 0.784. The Bertz CT molecular complexity index is 235. The van der Waals surface area contributed by atoms with Crippen LogP contribution in [0.2, 0.25) is 0 Å². The molecule has 0 radical (unpaired) electrons. The van der Waals surface area contributed by atoms with Gasteiger partial charge in [-0.05, 0) is 32.2 Å². The van der Waals surface area contributed by atoms with Crippen LogP contribution in [0, 0.1) is 0 Å². The Morgan fingerprint density at radius 1 is 1.50 bits per heavy atom. The van der Waals surface area contributed by atoms with Crippen molar-refractivity contribution in [1.82, 2.24) is 5.32 Å². The first-order valence-corrected chi connectivity index (χ1v) is 5.99. The second-order valence-electron chi connectivity index (χ2n) is 3.46. The van der Waals surface area contributed by atoms with Gasteiger partial charge in [0.15, 0.2) is 0 Å². The fourth-order valence-electron chi connectivity index (χ4n) is 1.39. The molecule has 0 aliphatic carbocycles. The molecule has 0 spiro atoms. The Balaban J connectivity index is 2.29. The molecule has 1 aromatic rings. The van der Waals surface area contributed by atoms with Crippen LogP contribution in [0.3, 0.4) is 0 Å². The van der Waals surface area contributed by atoms with Crippen molar-refractivity contribution in [2.45, 2.75) is 32.9 Å². The normalized spacial score (nSPS) is 15.4. The Morgan fingerprint density at radius 2 is 2.29 bits per heavy atom. The lowest BCUT2D eigenvalue weighted by Gasteiger charge is -2.18. The van der Waals surface area contributed by atoms with E-state index in [0.29, 0.717) is 12.1 Å². The molecule has 1 rings (SSSR count). The largest absolute Gasteiger partial charge is 0.380 e. The van der Waals surface area contributed by atoms with Gasteiger partial charge in [0.25, 0.3) is 0 Å². The molecule has 2 atom stereocenters. The Kier molecular flexibility index (Phi) is 5.15. The number of hydrogen-bond acceptors (Lipinski definition) is 3. The fraction of sp³-hybridized carbons (Fsp3) is 0.636. The molecule has 0 bridgehead atoms. The Labute approximate surface area is 90.3 Å². The first kappa shape index (κ1) is 11.7. The highest BCUT2D eigenvalue weighted by atomic mass is 32.1. The van der Waals surface area contributed by atoms with E-state index >= 15 is 0 Å². The summed E-state index contributed by atoms with van der Waals surface area (Å²) in [5, 5.41) is 5.61. The maximum Gasteiger partial charge on any atom is 0.0616 e. The summed E-state index contributed by atoms with van der Waals surface area (Å²) in [5.41, 5.74) is 0. The van der Waals surface area contributed by atoms with Crippen LogP contribution in [0.15, 0.2) is 17.5 Å². The predicted octanol–water partition coefficient (Wildman–Crippen LogP) is 2.82. The highest BCUT2D eigenvalue weighted by Crippen LogP contribution is 2.18. The molecule has 0 aliphatic rings. The summed E-state index contributed by atoms with van der Waals surface area (Å²) in [6.45, 7) is 7.94. The zero-order chi connectivity index (χ0) is 10.4. The molecular formula is C11H19NOS. The van der Waals surface area contributed by atoms with E-state index in [2.05, 4.69) is 36.7 Å². The molecule has 0 saturated carbocycles. The first-order valence-electron chi connectivity index (χ1n) is 5.11. The third kappa shape index (κ3) is 3.78. The van der Waals surface area contributed by atoms with Crippen molar-refractivity contribution >= 4 is 11.3 Å². The molecule has 0 amide bonds. The molecule has 0 saturated heterocycles. The SMILES string of the molecule is CCOCC(C)N[C@@H](C)c1cccs1. The molecule has 0 aliphatic heterocycles. The molecule has 0 fully saturated rings. The van der Waals surface area contributed by atoms with Gasteiger partial charge in [0.05, 0.1) is 6.61 Å². The Hall–Kier alpha value is -0.380. The van der Waals surface area contributed by atoms with E-state index in [9.17, 15) is 0 Å². The average molecular weight is 213 g/mol. The van der Waals surface area contributed by atoms with Crippen LogP contribution in [0.4, 0.5) is 0 Å². The zero-order valence-electron chi connectivity index (χ0n) is 9.12. The molecule has 3 heteroatoms. The van der Waals surface area contributed by atoms with Crippen LogP contribution in [0.5, 0.6) is 0 Å². The number of rotatable bonds is 6. The third-order valence-corrected chi connectivity index (χ3v) is 3.13. The molecule has 1 N–H and O–H groups in total. The maximum atomic E-state index is 5.35. The summed E-state index contributed by atoms with van der Waals surface area (Å²) in [5.74, 6) is 0. The smallest absolute Gasteiger partial charge is 0.0616 e. The van der Waals surface area contributed by atoms with Crippen LogP contribution in [0.1, 0.15) is 31.7 Å². The van der Waals surface area contributed by atoms with E-state index in [1.807, 2.05) is 6.92 Å². The van der Waals surface area contributed by atoms with Gasteiger partial charge in [0, 0.05) is 23.6 Å². The van der Waals surface area contributed by atoms with E-state index in [1.54, 1.807) is 11.3 Å². The van der Waals surface area contributed by atoms with Gasteiger partial charge in [0.2, 0.25) is 0 Å². The second kappa shape index (κ2) is 6.17. The first-order chi connectivity index (χ1) is 6.74. The van der Waals surface area contributed by atoms with Crippen molar-refractivity contribution in [2.24, 2.45) is 0 Å². The standard InChI is InChI=1S/C11H19NOS/c1-4-13-8-9(2)12-10(3)11-6-5-7-14-11/h5-7,9-10,12H,4,8H2,1-3H3/t9?,10-/m0/s1. The molecule has 1 heterocycles. The van der Waals surface area contributed by atoms with Crippen LogP contribution < -0.4 is 5.32 Å². The number of nitrogens with one attached hydrogen (secondary N) is 1. The van der Waals surface area contributed by atoms with E-state index in [0.717, 1.165) is 13.2 Å². The van der Waals surface area contributed by atoms with Crippen molar-refractivity contribution in [3.63, 3.8) is 0 Å². The highest BCUT2D eigenvalue weighted by Gasteiger charge is 2.09. The van der Waals surface area contributed by atoms with Crippen LogP contribution in [0.25, 0.3) is 0 Å². The van der Waals surface area contributed by atoms with E-state index in [1.165, 1.54) is 4.88 Å². The summed E-state index contributed by atoms with van der Waals surface area (Å²) >= 11 is 1.79. The van der Waals surface area contributed by atoms with Crippen molar-refractivity contribution in [2.75, 3.05) is 13.2 Å². The van der Waals surface area contributed by atoms with Gasteiger partial charge in [-0.15, -0.1) is 11.3 Å². The number of thiophene rings is 1. The summed E-state index contributed by atoms with van der Waals surface area (Å²) in [6.07, 6.45) is 0. The van der Waals surface area contributed by atoms with Crippen molar-refractivity contribution in [1.29, 1.82) is 0 Å². The molecule has 1 aromatic heterocycles. The summed E-state index contributed by atoms with van der Waals surface area (Å²) < 4.78 is 5.35. The van der Waals surface area contributed by atoms with E-state index in [4.69, 9.17) is 4.74 Å². The molecule has 2 nitrogen and oxygen atoms in total. The summed E-state index contributed by atoms with van der Waals surface area (Å²) in [4.78, 5) is 1.38. The molecule has 1 unspecified atom stereocenters. The van der Waals surface area contributed by atoms with Crippen molar-refractivity contribution in [3.8, 4) is 0 Å². The molecular weight excluding hydrogens is 194 g/mol. The number of ether oxygens (including phenoxy) is 1. The zero-order valence-corrected chi connectivity index (χ0v) is 9.93. The molecule has 80 valence electrons. The number of hydrogen-bond donors (Lipinski definition) is 1. The lowest BCUT2D eigenvalue weighted by molar-refractivity contribution is 0.124. The summed E-state index contributed by atoms with van der Waals surface area (Å²) in [6, 6.07) is 5.08. The molecule has 0 aromatic carbocycles. The topological polar surface area (TPSA) is 21.3 Å². The van der Waals surface area contributed by atoms with Gasteiger partial charge in [-0.2, -0.15) is 0 Å². The minimum absolute atomic E-state index is 0.409. The minimum atomic E-state index is 0.409. The average Bonchev–Trinajstić information content (AvgIpc) is 2.67. The lowest BCUT2D eigenvalue weighted by atomic mass is 10.2. The van der Waals surface area contributed by atoms with Gasteiger partial charge in [-0.3, -0.25) is 0 Å². The maximum absolute atomic E-state index is 5.35. The molecule has 14 heavy (non-hydrogen) atoms. The summed E-state index contributed by atoms with van der Waals surface area (Å²) in [7, 11) is 0. The second-order valence-corrected chi connectivity index (χ2v) is 4.44. The predicted molar refractivity (Wildman–Crippen MR) is 61.8 cm³/mol. The van der Waals surface area contributed by atoms with Gasteiger partial charge in [0.1, 0.15) is 0 Å². The monoisotopic (exact) mass is 213 g/mol. The van der Waals surface area contributed by atoms with Gasteiger partial charge in [-0.1, -0.05) is 6.07 Å². The fourth-order valence-corrected chi connectivity index (χ4v) is 2.13. The van der Waals surface area contributed by atoms with E-state index < -0.39 is 0 Å². The van der Waals surface area contributed by atoms with E-state index in [-0.39, 0.29) is 0 Å². The highest BCUT2D eigenvalue weighted by molar-refractivity contribution is 7.10. The van der Waals surface area contributed by atoms with Gasteiger partial charge in [-0.25, -0.2) is 0 Å². The van der Waals surface area contributed by atoms with Crippen molar-refractivity contribution < 1.29 is 4.74 Å². The van der Waals surface area contributed by atoms with Crippen molar-refractivity contribution in [3.05, 3.63) is 22.4 Å². The van der Waals surface area contributed by atoms with Crippen LogP contribution in [-0.2, 0) is 4.74 Å². The Morgan fingerprint density at radius 3 is 2.86 bits per heavy atom. The third-order valence-electron chi connectivity index (χ3n) is 2.08.